The van der Waals surface area contributed by atoms with E-state index in [9.17, 15) is 0 Å². The Kier molecular flexibility index (Phi) is 5.60. The van der Waals surface area contributed by atoms with Gasteiger partial charge in [-0.1, -0.05) is 27.7 Å². The molecule has 1 aromatic heterocycles. The molecule has 0 aliphatic carbocycles. The summed E-state index contributed by atoms with van der Waals surface area (Å²) in [5.74, 6) is 0. The van der Waals surface area contributed by atoms with Crippen LogP contribution in [-0.2, 0) is 12.0 Å². The summed E-state index contributed by atoms with van der Waals surface area (Å²) in [6.07, 6.45) is 4.44. The van der Waals surface area contributed by atoms with Gasteiger partial charge in [-0.3, -0.25) is 0 Å². The van der Waals surface area contributed by atoms with Crippen LogP contribution in [0.2, 0.25) is 0 Å². The van der Waals surface area contributed by atoms with Crippen molar-refractivity contribution in [2.75, 3.05) is 6.54 Å². The van der Waals surface area contributed by atoms with Crippen LogP contribution in [0.4, 0.5) is 0 Å². The van der Waals surface area contributed by atoms with Crippen molar-refractivity contribution < 1.29 is 0 Å². The van der Waals surface area contributed by atoms with Crippen LogP contribution in [0.3, 0.4) is 0 Å². The van der Waals surface area contributed by atoms with Gasteiger partial charge in [-0.2, -0.15) is 0 Å². The Labute approximate surface area is 110 Å². The minimum absolute atomic E-state index is 0.0961. The molecule has 1 heterocycles. The van der Waals surface area contributed by atoms with Crippen LogP contribution >= 0.6 is 11.3 Å². The summed E-state index contributed by atoms with van der Waals surface area (Å²) >= 11 is 1.87. The van der Waals surface area contributed by atoms with Gasteiger partial charge < -0.3 is 5.32 Å². The highest BCUT2D eigenvalue weighted by molar-refractivity contribution is 7.11. The Morgan fingerprint density at radius 1 is 1.18 bits per heavy atom. The second-order valence-electron chi connectivity index (χ2n) is 4.59. The second-order valence-corrected chi connectivity index (χ2v) is 5.79. The third kappa shape index (κ3) is 3.08. The SMILES string of the molecule is CCCNC(CC)(CC)c1nc(CC)c(C)s1. The van der Waals surface area contributed by atoms with Crippen molar-refractivity contribution in [1.29, 1.82) is 0 Å². The summed E-state index contributed by atoms with van der Waals surface area (Å²) in [7, 11) is 0. The van der Waals surface area contributed by atoms with Gasteiger partial charge in [0.15, 0.2) is 0 Å². The first kappa shape index (κ1) is 14.7. The highest BCUT2D eigenvalue weighted by atomic mass is 32.1. The van der Waals surface area contributed by atoms with E-state index in [1.165, 1.54) is 22.0 Å². The van der Waals surface area contributed by atoms with Crippen molar-refractivity contribution in [3.05, 3.63) is 15.6 Å². The zero-order valence-electron chi connectivity index (χ0n) is 11.9. The van der Waals surface area contributed by atoms with E-state index in [1.807, 2.05) is 11.3 Å². The molecule has 0 aromatic carbocycles. The number of hydrogen-bond donors (Lipinski definition) is 1. The average Bonchev–Trinajstić information content (AvgIpc) is 2.73. The molecule has 0 radical (unpaired) electrons. The third-order valence-electron chi connectivity index (χ3n) is 3.56. The standard InChI is InChI=1S/C14H26N2S/c1-6-10-15-14(8-3,9-4)13-16-12(7-2)11(5)17-13/h15H,6-10H2,1-5H3. The first-order valence-corrected chi connectivity index (χ1v) is 7.66. The van der Waals surface area contributed by atoms with Crippen LogP contribution in [0.5, 0.6) is 0 Å². The smallest absolute Gasteiger partial charge is 0.113 e. The van der Waals surface area contributed by atoms with Crippen LogP contribution in [0.25, 0.3) is 0 Å². The zero-order valence-corrected chi connectivity index (χ0v) is 12.7. The monoisotopic (exact) mass is 254 g/mol. The summed E-state index contributed by atoms with van der Waals surface area (Å²) in [6, 6.07) is 0. The van der Waals surface area contributed by atoms with Crippen molar-refractivity contribution in [1.82, 2.24) is 10.3 Å². The highest BCUT2D eigenvalue weighted by Gasteiger charge is 2.31. The lowest BCUT2D eigenvalue weighted by atomic mass is 9.93. The fourth-order valence-corrected chi connectivity index (χ4v) is 3.51. The van der Waals surface area contributed by atoms with Crippen molar-refractivity contribution in [2.45, 2.75) is 65.8 Å². The molecule has 1 aromatic rings. The van der Waals surface area contributed by atoms with Gasteiger partial charge in [0.2, 0.25) is 0 Å². The van der Waals surface area contributed by atoms with Gasteiger partial charge in [0.1, 0.15) is 5.01 Å². The van der Waals surface area contributed by atoms with E-state index in [4.69, 9.17) is 4.98 Å². The van der Waals surface area contributed by atoms with Crippen molar-refractivity contribution >= 4 is 11.3 Å². The second kappa shape index (κ2) is 6.50. The van der Waals surface area contributed by atoms with Crippen LogP contribution in [0.1, 0.15) is 62.5 Å². The van der Waals surface area contributed by atoms with Gasteiger partial charge >= 0.3 is 0 Å². The number of nitrogens with one attached hydrogen (secondary N) is 1. The summed E-state index contributed by atoms with van der Waals surface area (Å²) in [5, 5.41) is 4.99. The largest absolute Gasteiger partial charge is 0.305 e. The normalized spacial score (nSPS) is 12.1. The maximum Gasteiger partial charge on any atom is 0.113 e. The summed E-state index contributed by atoms with van der Waals surface area (Å²) in [4.78, 5) is 6.23. The number of hydrogen-bond acceptors (Lipinski definition) is 3. The quantitative estimate of drug-likeness (QED) is 0.794. The van der Waals surface area contributed by atoms with Crippen LogP contribution in [0.15, 0.2) is 0 Å². The van der Waals surface area contributed by atoms with E-state index in [0.717, 1.165) is 25.8 Å². The molecule has 0 unspecified atom stereocenters. The number of aryl methyl sites for hydroxylation is 2. The Morgan fingerprint density at radius 2 is 1.82 bits per heavy atom. The topological polar surface area (TPSA) is 24.9 Å². The van der Waals surface area contributed by atoms with Crippen LogP contribution in [0, 0.1) is 6.92 Å². The molecule has 0 saturated heterocycles. The molecule has 1 rings (SSSR count). The highest BCUT2D eigenvalue weighted by Crippen LogP contribution is 2.33. The minimum Gasteiger partial charge on any atom is -0.305 e. The van der Waals surface area contributed by atoms with Gasteiger partial charge in [-0.15, -0.1) is 11.3 Å². The number of nitrogens with zero attached hydrogens (tertiary/aromatic N) is 1. The molecule has 98 valence electrons. The molecule has 0 aliphatic rings. The molecule has 2 nitrogen and oxygen atoms in total. The van der Waals surface area contributed by atoms with E-state index in [0.29, 0.717) is 0 Å². The van der Waals surface area contributed by atoms with Crippen LogP contribution in [-0.4, -0.2) is 11.5 Å². The van der Waals surface area contributed by atoms with Gasteiger partial charge in [-0.05, 0) is 39.2 Å². The summed E-state index contributed by atoms with van der Waals surface area (Å²) < 4.78 is 0. The first-order chi connectivity index (χ1) is 8.13. The van der Waals surface area contributed by atoms with E-state index < -0.39 is 0 Å². The van der Waals surface area contributed by atoms with Crippen molar-refractivity contribution in [3.8, 4) is 0 Å². The number of thiazole rings is 1. The maximum absolute atomic E-state index is 4.85. The Balaban J connectivity index is 3.03. The molecule has 0 saturated carbocycles. The maximum atomic E-state index is 4.85. The predicted molar refractivity (Wildman–Crippen MR) is 76.8 cm³/mol. The molecule has 17 heavy (non-hydrogen) atoms. The lowest BCUT2D eigenvalue weighted by molar-refractivity contribution is 0.307. The molecular formula is C14H26N2S. The Morgan fingerprint density at radius 3 is 2.24 bits per heavy atom. The van der Waals surface area contributed by atoms with E-state index in [-0.39, 0.29) is 5.54 Å². The fourth-order valence-electron chi connectivity index (χ4n) is 2.20. The molecule has 0 amide bonds. The van der Waals surface area contributed by atoms with E-state index in [2.05, 4.69) is 39.9 Å². The van der Waals surface area contributed by atoms with Crippen LogP contribution < -0.4 is 5.32 Å². The van der Waals surface area contributed by atoms with Gasteiger partial charge in [0, 0.05) is 4.88 Å². The molecule has 0 fully saturated rings. The first-order valence-electron chi connectivity index (χ1n) is 6.85. The summed E-state index contributed by atoms with van der Waals surface area (Å²) in [5.41, 5.74) is 1.37. The number of aromatic nitrogens is 1. The molecule has 0 spiro atoms. The lowest BCUT2D eigenvalue weighted by Gasteiger charge is -2.31. The third-order valence-corrected chi connectivity index (χ3v) is 4.77. The molecule has 0 aliphatic heterocycles. The zero-order chi connectivity index (χ0) is 12.9. The molecule has 3 heteroatoms. The van der Waals surface area contributed by atoms with Gasteiger partial charge in [0.05, 0.1) is 11.2 Å². The molecule has 0 atom stereocenters. The van der Waals surface area contributed by atoms with E-state index >= 15 is 0 Å². The minimum atomic E-state index is 0.0961. The lowest BCUT2D eigenvalue weighted by Crippen LogP contribution is -2.41. The average molecular weight is 254 g/mol. The predicted octanol–water partition coefficient (Wildman–Crippen LogP) is 4.03. The summed E-state index contributed by atoms with van der Waals surface area (Å²) in [6.45, 7) is 12.2. The molecular weight excluding hydrogens is 228 g/mol. The molecule has 1 N–H and O–H groups in total. The Bertz CT molecular complexity index is 340. The van der Waals surface area contributed by atoms with Crippen molar-refractivity contribution in [3.63, 3.8) is 0 Å². The van der Waals surface area contributed by atoms with Gasteiger partial charge in [0.25, 0.3) is 0 Å². The fraction of sp³-hybridized carbons (Fsp3) is 0.786. The van der Waals surface area contributed by atoms with E-state index in [1.54, 1.807) is 0 Å². The number of rotatable bonds is 7. The van der Waals surface area contributed by atoms with Crippen molar-refractivity contribution in [2.24, 2.45) is 0 Å². The molecule has 0 bridgehead atoms. The van der Waals surface area contributed by atoms with Gasteiger partial charge in [-0.25, -0.2) is 4.98 Å². The Hall–Kier alpha value is -0.410.